The number of benzene rings is 3. The molecule has 266 valence electrons. The van der Waals surface area contributed by atoms with Crippen molar-refractivity contribution in [2.75, 3.05) is 19.0 Å². The van der Waals surface area contributed by atoms with Gasteiger partial charge in [0.2, 0.25) is 15.9 Å². The van der Waals surface area contributed by atoms with Crippen LogP contribution in [0.15, 0.2) is 84.0 Å². The van der Waals surface area contributed by atoms with Crippen LogP contribution in [-0.2, 0) is 36.5 Å². The first kappa shape index (κ1) is 36.7. The van der Waals surface area contributed by atoms with E-state index in [1.165, 1.54) is 19.2 Å². The van der Waals surface area contributed by atoms with Crippen molar-refractivity contribution in [1.29, 1.82) is 0 Å². The zero-order valence-electron chi connectivity index (χ0n) is 28.5. The summed E-state index contributed by atoms with van der Waals surface area (Å²) in [6, 6.07) is 16.9. The van der Waals surface area contributed by atoms with Crippen molar-refractivity contribution in [2.24, 2.45) is 5.92 Å². The third kappa shape index (κ3) is 7.72. The van der Waals surface area contributed by atoms with E-state index in [0.717, 1.165) is 34.5 Å². The average molecular weight is 741 g/mol. The fourth-order valence-electron chi connectivity index (χ4n) is 6.44. The van der Waals surface area contributed by atoms with E-state index in [1.54, 1.807) is 54.9 Å². The Bertz CT molecular complexity index is 1980. The van der Waals surface area contributed by atoms with Gasteiger partial charge in [-0.2, -0.15) is 4.31 Å². The number of fused-ring (bicyclic) bond motifs is 1. The number of carbonyl (C=O) groups is 1. The van der Waals surface area contributed by atoms with Crippen LogP contribution in [-0.4, -0.2) is 58.7 Å². The van der Waals surface area contributed by atoms with Crippen LogP contribution in [0.3, 0.4) is 0 Å². The molecule has 2 unspecified atom stereocenters. The molecule has 4 atom stereocenters. The van der Waals surface area contributed by atoms with Gasteiger partial charge in [-0.15, -0.1) is 4.72 Å². The highest BCUT2D eigenvalue weighted by atomic mass is 35.5. The van der Waals surface area contributed by atoms with E-state index in [0.29, 0.717) is 28.3 Å². The lowest BCUT2D eigenvalue weighted by molar-refractivity contribution is -0.119. The predicted octanol–water partition coefficient (Wildman–Crippen LogP) is 6.93. The Morgan fingerprint density at radius 1 is 1.04 bits per heavy atom. The molecule has 1 aliphatic heterocycles. The number of amides is 1. The fourth-order valence-corrected chi connectivity index (χ4v) is 9.24. The number of nitrogens with one attached hydrogen (secondary N) is 2. The number of hydrogen-bond donors (Lipinski definition) is 2. The Labute approximate surface area is 301 Å². The SMILES string of the molecule is CO[C@H]1C[C@H](C(=O)Nc2cc(C(CCC3CC3)(N[S+]([O-])C(C)(C)C)c3ccncc3)ccc2F)N(S(=O)(=O)c2ccc3cc(Cl)ccc3c2)C1. The van der Waals surface area contributed by atoms with Crippen molar-refractivity contribution in [3.05, 3.63) is 101 Å². The molecule has 1 saturated heterocycles. The van der Waals surface area contributed by atoms with Crippen molar-refractivity contribution < 1.29 is 26.9 Å². The minimum absolute atomic E-state index is 0.0192. The number of carbonyl (C=O) groups excluding carboxylic acids is 1. The molecule has 1 aliphatic carbocycles. The molecule has 0 spiro atoms. The Morgan fingerprint density at radius 2 is 1.74 bits per heavy atom. The van der Waals surface area contributed by atoms with Crippen LogP contribution in [0.1, 0.15) is 64.0 Å². The number of methoxy groups -OCH3 is 1. The highest BCUT2D eigenvalue weighted by Gasteiger charge is 2.46. The first-order chi connectivity index (χ1) is 23.7. The third-order valence-electron chi connectivity index (χ3n) is 9.57. The molecule has 1 saturated carbocycles. The summed E-state index contributed by atoms with van der Waals surface area (Å²) < 4.78 is 66.9. The van der Waals surface area contributed by atoms with Gasteiger partial charge in [-0.1, -0.05) is 42.6 Å². The highest BCUT2D eigenvalue weighted by molar-refractivity contribution is 7.90. The average Bonchev–Trinajstić information content (AvgIpc) is 3.82. The Morgan fingerprint density at radius 3 is 2.42 bits per heavy atom. The Hall–Kier alpha value is -3.10. The summed E-state index contributed by atoms with van der Waals surface area (Å²) in [4.78, 5) is 18.2. The van der Waals surface area contributed by atoms with Crippen LogP contribution >= 0.6 is 11.6 Å². The molecule has 0 bridgehead atoms. The van der Waals surface area contributed by atoms with Crippen molar-refractivity contribution in [3.8, 4) is 0 Å². The smallest absolute Gasteiger partial charge is 0.243 e. The Balaban J connectivity index is 1.35. The number of ether oxygens (including phenoxy) is 1. The van der Waals surface area contributed by atoms with Gasteiger partial charge in [0.05, 0.1) is 16.7 Å². The minimum atomic E-state index is -4.17. The highest BCUT2D eigenvalue weighted by Crippen LogP contribution is 2.43. The topological polar surface area (TPSA) is 124 Å². The standard InChI is InChI=1S/C37H42ClFN4O5S2/c1-36(2,3)49(45)42-37(16-13-24-5-6-24,27-14-17-40-18-15-27)28-9-12-32(39)33(21-28)41-35(44)34-22-30(48-4)23-43(34)50(46,47)31-11-8-25-19-29(38)10-7-26(25)20-31/h7-12,14-15,17-21,24,30,34,42H,5-6,13,16,22-23H2,1-4H3,(H,41,44)/t30-,34+,37?,49?/m0/s1. The molecule has 9 nitrogen and oxygen atoms in total. The predicted molar refractivity (Wildman–Crippen MR) is 195 cm³/mol. The van der Waals surface area contributed by atoms with Crippen LogP contribution in [0.5, 0.6) is 0 Å². The van der Waals surface area contributed by atoms with Crippen molar-refractivity contribution >= 4 is 55.4 Å². The fraction of sp³-hybridized carbons (Fsp3) is 0.405. The van der Waals surface area contributed by atoms with E-state index >= 15 is 4.39 Å². The number of rotatable bonds is 12. The minimum Gasteiger partial charge on any atom is -0.598 e. The van der Waals surface area contributed by atoms with Gasteiger partial charge < -0.3 is 14.6 Å². The van der Waals surface area contributed by atoms with E-state index in [-0.39, 0.29) is 23.5 Å². The van der Waals surface area contributed by atoms with Gasteiger partial charge in [0.1, 0.15) is 22.1 Å². The molecule has 3 aromatic carbocycles. The summed E-state index contributed by atoms with van der Waals surface area (Å²) in [5.41, 5.74) is 0.312. The molecular weight excluding hydrogens is 699 g/mol. The molecule has 50 heavy (non-hydrogen) atoms. The molecular formula is C37H42ClFN4O5S2. The summed E-state index contributed by atoms with van der Waals surface area (Å²) in [6.45, 7) is 5.60. The molecule has 0 radical (unpaired) electrons. The normalized spacial score (nSPS) is 20.5. The third-order valence-corrected chi connectivity index (χ3v) is 13.3. The quantitative estimate of drug-likeness (QED) is 0.151. The van der Waals surface area contributed by atoms with Crippen molar-refractivity contribution in [3.63, 3.8) is 0 Å². The van der Waals surface area contributed by atoms with Gasteiger partial charge in [-0.05, 0) is 110 Å². The van der Waals surface area contributed by atoms with Gasteiger partial charge in [0.25, 0.3) is 0 Å². The first-order valence-corrected chi connectivity index (χ1v) is 19.6. The van der Waals surface area contributed by atoms with Crippen molar-refractivity contribution in [1.82, 2.24) is 14.0 Å². The number of hydrogen-bond acceptors (Lipinski definition) is 7. The maximum Gasteiger partial charge on any atom is 0.243 e. The number of aromatic nitrogens is 1. The summed E-state index contributed by atoms with van der Waals surface area (Å²) in [5, 5.41) is 4.69. The maximum atomic E-state index is 15.6. The summed E-state index contributed by atoms with van der Waals surface area (Å²) >= 11 is 4.60. The number of nitrogens with zero attached hydrogens (tertiary/aromatic N) is 2. The molecule has 1 amide bonds. The summed E-state index contributed by atoms with van der Waals surface area (Å²) in [6.07, 6.45) is 6.54. The van der Waals surface area contributed by atoms with Crippen LogP contribution in [0.4, 0.5) is 10.1 Å². The van der Waals surface area contributed by atoms with Gasteiger partial charge in [0, 0.05) is 48.9 Å². The number of halogens is 2. The van der Waals surface area contributed by atoms with E-state index in [1.807, 2.05) is 32.9 Å². The van der Waals surface area contributed by atoms with Crippen molar-refractivity contribution in [2.45, 2.75) is 80.2 Å². The number of pyridine rings is 1. The van der Waals surface area contributed by atoms with E-state index in [2.05, 4.69) is 15.0 Å². The first-order valence-electron chi connectivity index (χ1n) is 16.7. The van der Waals surface area contributed by atoms with Crippen LogP contribution in [0, 0.1) is 11.7 Å². The molecule has 4 aromatic rings. The van der Waals surface area contributed by atoms with Crippen LogP contribution in [0.25, 0.3) is 10.8 Å². The van der Waals surface area contributed by atoms with Gasteiger partial charge >= 0.3 is 0 Å². The van der Waals surface area contributed by atoms with Gasteiger partial charge in [-0.25, -0.2) is 12.8 Å². The molecule has 6 rings (SSSR count). The molecule has 2 aliphatic rings. The lowest BCUT2D eigenvalue weighted by Gasteiger charge is -2.39. The zero-order valence-corrected chi connectivity index (χ0v) is 30.9. The van der Waals surface area contributed by atoms with Gasteiger partial charge in [0.15, 0.2) is 0 Å². The second-order valence-electron chi connectivity index (χ2n) is 14.1. The second-order valence-corrected chi connectivity index (χ2v) is 18.4. The maximum absolute atomic E-state index is 15.6. The molecule has 2 heterocycles. The van der Waals surface area contributed by atoms with E-state index < -0.39 is 55.5 Å². The van der Waals surface area contributed by atoms with Crippen LogP contribution in [0.2, 0.25) is 5.02 Å². The summed E-state index contributed by atoms with van der Waals surface area (Å²) in [7, 11) is -2.70. The molecule has 1 aromatic heterocycles. The van der Waals surface area contributed by atoms with Crippen LogP contribution < -0.4 is 10.0 Å². The second kappa shape index (κ2) is 14.5. The lowest BCUT2D eigenvalue weighted by atomic mass is 9.79. The number of anilines is 1. The summed E-state index contributed by atoms with van der Waals surface area (Å²) in [5.74, 6) is -0.825. The lowest BCUT2D eigenvalue weighted by Crippen LogP contribution is -2.52. The largest absolute Gasteiger partial charge is 0.598 e. The molecule has 2 fully saturated rings. The Kier molecular flexibility index (Phi) is 10.6. The molecule has 13 heteroatoms. The zero-order chi connectivity index (χ0) is 35.8. The van der Waals surface area contributed by atoms with E-state index in [9.17, 15) is 17.8 Å². The van der Waals surface area contributed by atoms with Gasteiger partial charge in [-0.3, -0.25) is 9.78 Å². The van der Waals surface area contributed by atoms with E-state index in [4.69, 9.17) is 16.3 Å². The molecule has 2 N–H and O–H groups in total. The monoisotopic (exact) mass is 740 g/mol. The number of sulfonamides is 1.